The highest BCUT2D eigenvalue weighted by Gasteiger charge is 2.43. The predicted molar refractivity (Wildman–Crippen MR) is 65.7 cm³/mol. The minimum atomic E-state index is -5.23. The van der Waals surface area contributed by atoms with Crippen LogP contribution in [0.1, 0.15) is 5.56 Å². The van der Waals surface area contributed by atoms with Crippen molar-refractivity contribution in [2.75, 3.05) is 0 Å². The molecule has 1 heterocycles. The highest BCUT2D eigenvalue weighted by Crippen LogP contribution is 2.27. The Morgan fingerprint density at radius 3 is 2.45 bits per heavy atom. The fourth-order valence-electron chi connectivity index (χ4n) is 1.36. The largest absolute Gasteiger partial charge is 0.505 e. The number of nitrogens with one attached hydrogen (secondary N) is 1. The maximum atomic E-state index is 12.6. The summed E-state index contributed by atoms with van der Waals surface area (Å²) >= 11 is 0. The van der Waals surface area contributed by atoms with E-state index in [4.69, 9.17) is 0 Å². The Balaban J connectivity index is 2.48. The van der Waals surface area contributed by atoms with E-state index in [9.17, 15) is 23.1 Å². The van der Waals surface area contributed by atoms with Gasteiger partial charge in [0, 0.05) is 5.56 Å². The monoisotopic (exact) mass is 312 g/mol. The zero-order valence-electron chi connectivity index (χ0n) is 10.6. The van der Waals surface area contributed by atoms with E-state index in [0.717, 1.165) is 0 Å². The van der Waals surface area contributed by atoms with E-state index in [0.29, 0.717) is 0 Å². The molecule has 0 atom stereocenters. The molecule has 0 saturated heterocycles. The van der Waals surface area contributed by atoms with Crippen LogP contribution in [-0.4, -0.2) is 37.7 Å². The third-order valence-corrected chi connectivity index (χ3v) is 2.32. The molecule has 0 saturated carbocycles. The Hall–Kier alpha value is -3.11. The maximum absolute atomic E-state index is 12.6. The van der Waals surface area contributed by atoms with Crippen molar-refractivity contribution in [2.45, 2.75) is 6.18 Å². The molecule has 0 aliphatic carbocycles. The van der Waals surface area contributed by atoms with Crippen LogP contribution in [0.5, 0.6) is 0 Å². The quantitative estimate of drug-likeness (QED) is 0.510. The second-order valence-electron chi connectivity index (χ2n) is 3.80. The van der Waals surface area contributed by atoms with Gasteiger partial charge in [-0.1, -0.05) is 35.4 Å². The number of alkyl halides is 3. The van der Waals surface area contributed by atoms with Gasteiger partial charge in [0.15, 0.2) is 11.5 Å². The lowest BCUT2D eigenvalue weighted by Crippen LogP contribution is -2.24. The first-order chi connectivity index (χ1) is 10.4. The number of benzene rings is 1. The molecular formula is C11H7F3N6O2. The van der Waals surface area contributed by atoms with Gasteiger partial charge in [-0.2, -0.15) is 18.4 Å². The minimum absolute atomic E-state index is 0.0258. The summed E-state index contributed by atoms with van der Waals surface area (Å²) in [6.45, 7) is 0. The van der Waals surface area contributed by atoms with Crippen molar-refractivity contribution in [3.8, 4) is 0 Å². The third-order valence-electron chi connectivity index (χ3n) is 2.32. The maximum Gasteiger partial charge on any atom is 0.456 e. The first-order valence-electron chi connectivity index (χ1n) is 5.65. The Labute approximate surface area is 120 Å². The number of hydrogen-bond acceptors (Lipinski definition) is 7. The molecular weight excluding hydrogens is 305 g/mol. The van der Waals surface area contributed by atoms with Gasteiger partial charge in [0.25, 0.3) is 5.78 Å². The smallest absolute Gasteiger partial charge is 0.456 e. The summed E-state index contributed by atoms with van der Waals surface area (Å²) in [6, 6.07) is 7.14. The number of aromatic nitrogens is 4. The lowest BCUT2D eigenvalue weighted by atomic mass is 10.1. The topological polar surface area (TPSA) is 116 Å². The molecule has 0 amide bonds. The van der Waals surface area contributed by atoms with Crippen molar-refractivity contribution in [3.63, 3.8) is 0 Å². The Morgan fingerprint density at radius 2 is 1.91 bits per heavy atom. The van der Waals surface area contributed by atoms with Gasteiger partial charge >= 0.3 is 12.1 Å². The van der Waals surface area contributed by atoms with Crippen LogP contribution in [0, 0.1) is 0 Å². The van der Waals surface area contributed by atoms with Crippen molar-refractivity contribution in [2.24, 2.45) is 10.2 Å². The number of ketones is 1. The zero-order valence-corrected chi connectivity index (χ0v) is 10.6. The Morgan fingerprint density at radius 1 is 1.23 bits per heavy atom. The number of aliphatic hydroxyl groups is 1. The number of Topliss-reactive ketones (excluding diaryl/α,β-unsaturated/α-hetero) is 1. The second kappa shape index (κ2) is 6.11. The number of aromatic amines is 1. The third kappa shape index (κ3) is 3.50. The van der Waals surface area contributed by atoms with Crippen LogP contribution in [0.4, 0.5) is 19.1 Å². The van der Waals surface area contributed by atoms with Gasteiger partial charge in [-0.05, 0) is 5.21 Å². The van der Waals surface area contributed by atoms with Gasteiger partial charge < -0.3 is 5.11 Å². The van der Waals surface area contributed by atoms with Crippen LogP contribution in [0.2, 0.25) is 0 Å². The van der Waals surface area contributed by atoms with Gasteiger partial charge in [0.1, 0.15) is 0 Å². The fraction of sp³-hybridized carbons (Fsp3) is 0.0909. The first kappa shape index (κ1) is 15.3. The van der Waals surface area contributed by atoms with E-state index in [2.05, 4.69) is 25.6 Å². The molecule has 22 heavy (non-hydrogen) atoms. The van der Waals surface area contributed by atoms with E-state index in [1.165, 1.54) is 24.3 Å². The van der Waals surface area contributed by atoms with E-state index in [1.807, 2.05) is 5.21 Å². The van der Waals surface area contributed by atoms with Crippen LogP contribution >= 0.6 is 0 Å². The standard InChI is InChI=1S/C11H7F3N6O2/c12-11(13,14)9(22)7(15-16-10-17-19-20-18-10)8(21)6-4-2-1-3-5-6/h1-5,21H,(H,17,18,19,20)/b8-7+,16-15?. The molecule has 0 aliphatic heterocycles. The van der Waals surface area contributed by atoms with Gasteiger partial charge in [-0.25, -0.2) is 0 Å². The molecule has 0 bridgehead atoms. The molecule has 1 aromatic carbocycles. The second-order valence-corrected chi connectivity index (χ2v) is 3.80. The lowest BCUT2D eigenvalue weighted by molar-refractivity contribution is -0.166. The first-order valence-corrected chi connectivity index (χ1v) is 5.65. The minimum Gasteiger partial charge on any atom is -0.505 e. The molecule has 114 valence electrons. The molecule has 11 heteroatoms. The average Bonchev–Trinajstić information content (AvgIpc) is 3.00. The van der Waals surface area contributed by atoms with Crippen LogP contribution < -0.4 is 0 Å². The van der Waals surface area contributed by atoms with Crippen molar-refractivity contribution in [3.05, 3.63) is 41.6 Å². The van der Waals surface area contributed by atoms with E-state index >= 15 is 0 Å². The van der Waals surface area contributed by atoms with Crippen LogP contribution in [0.15, 0.2) is 46.3 Å². The fourth-order valence-corrected chi connectivity index (χ4v) is 1.36. The van der Waals surface area contributed by atoms with Crippen LogP contribution in [-0.2, 0) is 4.79 Å². The molecule has 1 aromatic heterocycles. The number of rotatable bonds is 4. The normalized spacial score (nSPS) is 13.2. The molecule has 0 aliphatic rings. The van der Waals surface area contributed by atoms with E-state index < -0.39 is 29.4 Å². The molecule has 0 unspecified atom stereocenters. The summed E-state index contributed by atoms with van der Waals surface area (Å²) in [4.78, 5) is 11.4. The molecule has 2 N–H and O–H groups in total. The summed E-state index contributed by atoms with van der Waals surface area (Å²) in [5.74, 6) is -3.70. The van der Waals surface area contributed by atoms with Gasteiger partial charge in [0.05, 0.1) is 0 Å². The molecule has 0 radical (unpaired) electrons. The summed E-state index contributed by atoms with van der Waals surface area (Å²) in [6.07, 6.45) is -5.23. The molecule has 0 fully saturated rings. The summed E-state index contributed by atoms with van der Waals surface area (Å²) in [7, 11) is 0. The van der Waals surface area contributed by atoms with Gasteiger partial charge in [-0.3, -0.25) is 4.79 Å². The lowest BCUT2D eigenvalue weighted by Gasteiger charge is -2.07. The number of aliphatic hydroxyl groups excluding tert-OH is 1. The predicted octanol–water partition coefficient (Wildman–Crippen LogP) is 2.34. The van der Waals surface area contributed by atoms with E-state index in [1.54, 1.807) is 6.07 Å². The van der Waals surface area contributed by atoms with Crippen molar-refractivity contribution in [1.82, 2.24) is 20.6 Å². The highest BCUT2D eigenvalue weighted by molar-refractivity contribution is 6.04. The number of nitrogens with zero attached hydrogens (tertiary/aromatic N) is 5. The molecule has 8 nitrogen and oxygen atoms in total. The number of carbonyl (C=O) groups is 1. The number of H-pyrrole nitrogens is 1. The number of azo groups is 1. The summed E-state index contributed by atoms with van der Waals surface area (Å²) in [5.41, 5.74) is -1.30. The Bertz CT molecular complexity index is 709. The Kier molecular flexibility index (Phi) is 4.25. The van der Waals surface area contributed by atoms with E-state index in [-0.39, 0.29) is 5.56 Å². The van der Waals surface area contributed by atoms with Crippen molar-refractivity contribution < 1.29 is 23.1 Å². The number of allylic oxidation sites excluding steroid dienone is 1. The average molecular weight is 312 g/mol. The summed E-state index contributed by atoms with van der Waals surface area (Å²) in [5, 5.41) is 28.0. The van der Waals surface area contributed by atoms with Crippen LogP contribution in [0.25, 0.3) is 5.76 Å². The van der Waals surface area contributed by atoms with Crippen molar-refractivity contribution in [1.29, 1.82) is 0 Å². The summed E-state index contributed by atoms with van der Waals surface area (Å²) < 4.78 is 37.8. The molecule has 2 rings (SSSR count). The number of hydrogen-bond donors (Lipinski definition) is 2. The molecule has 0 spiro atoms. The molecule has 2 aromatic rings. The zero-order chi connectivity index (χ0) is 16.2. The van der Waals surface area contributed by atoms with Crippen LogP contribution in [0.3, 0.4) is 0 Å². The number of tetrazole rings is 1. The number of carbonyl (C=O) groups excluding carboxylic acids is 1. The van der Waals surface area contributed by atoms with Gasteiger partial charge in [-0.15, -0.1) is 15.3 Å². The van der Waals surface area contributed by atoms with Crippen molar-refractivity contribution >= 4 is 17.5 Å². The number of halogens is 3. The highest BCUT2D eigenvalue weighted by atomic mass is 19.4. The van der Waals surface area contributed by atoms with Gasteiger partial charge in [0.2, 0.25) is 0 Å². The SMILES string of the molecule is O=C(/C(N=Nc1nn[nH]n1)=C(\O)c1ccccc1)C(F)(F)F.